The summed E-state index contributed by atoms with van der Waals surface area (Å²) in [6.45, 7) is 5.99. The van der Waals surface area contributed by atoms with Gasteiger partial charge in [-0.05, 0) is 25.8 Å². The Morgan fingerprint density at radius 3 is 2.79 bits per heavy atom. The lowest BCUT2D eigenvalue weighted by Gasteiger charge is -2.36. The smallest absolute Gasteiger partial charge is 0.332 e. The third-order valence-electron chi connectivity index (χ3n) is 3.50. The zero-order valence-corrected chi connectivity index (χ0v) is 11.4. The van der Waals surface area contributed by atoms with Gasteiger partial charge in [-0.15, -0.1) is 0 Å². The van der Waals surface area contributed by atoms with E-state index in [1.54, 1.807) is 18.6 Å². The summed E-state index contributed by atoms with van der Waals surface area (Å²) < 4.78 is 10.4. The Balaban J connectivity index is 2.00. The highest BCUT2D eigenvalue weighted by Gasteiger charge is 2.40. The van der Waals surface area contributed by atoms with Gasteiger partial charge in [0.1, 0.15) is 12.1 Å². The summed E-state index contributed by atoms with van der Waals surface area (Å²) in [6.07, 6.45) is 8.05. The van der Waals surface area contributed by atoms with E-state index < -0.39 is 5.54 Å². The van der Waals surface area contributed by atoms with Crippen molar-refractivity contribution in [1.29, 1.82) is 0 Å². The molecule has 1 N–H and O–H groups in total. The van der Waals surface area contributed by atoms with E-state index in [9.17, 15) is 4.79 Å². The fourth-order valence-electron chi connectivity index (χ4n) is 2.61. The lowest BCUT2D eigenvalue weighted by Crippen LogP contribution is -2.53. The maximum atomic E-state index is 12.4. The molecule has 1 aliphatic carbocycles. The summed E-state index contributed by atoms with van der Waals surface area (Å²) in [5.74, 6) is -0.184. The van der Waals surface area contributed by atoms with E-state index in [0.29, 0.717) is 0 Å². The SMILES string of the molecule is C=C(C)NC1(C(=O)OCc2ccoc2)CCCCC1. The zero-order chi connectivity index (χ0) is 13.7. The Morgan fingerprint density at radius 1 is 1.47 bits per heavy atom. The van der Waals surface area contributed by atoms with Crippen LogP contribution in [0.2, 0.25) is 0 Å². The molecule has 1 heterocycles. The third-order valence-corrected chi connectivity index (χ3v) is 3.50. The van der Waals surface area contributed by atoms with Gasteiger partial charge in [0.15, 0.2) is 0 Å². The molecule has 1 aromatic rings. The molecule has 0 aromatic carbocycles. The molecule has 0 amide bonds. The minimum absolute atomic E-state index is 0.184. The number of nitrogens with one attached hydrogen (secondary N) is 1. The van der Waals surface area contributed by atoms with Crippen molar-refractivity contribution >= 4 is 5.97 Å². The largest absolute Gasteiger partial charge is 0.472 e. The van der Waals surface area contributed by atoms with Crippen molar-refractivity contribution in [3.63, 3.8) is 0 Å². The molecule has 1 fully saturated rings. The molecule has 2 rings (SSSR count). The Labute approximate surface area is 113 Å². The van der Waals surface area contributed by atoms with Crippen LogP contribution in [0.1, 0.15) is 44.6 Å². The maximum absolute atomic E-state index is 12.4. The van der Waals surface area contributed by atoms with Crippen LogP contribution in [0.4, 0.5) is 0 Å². The van der Waals surface area contributed by atoms with Crippen molar-refractivity contribution in [2.24, 2.45) is 0 Å². The average molecular weight is 263 g/mol. The van der Waals surface area contributed by atoms with Gasteiger partial charge in [0.25, 0.3) is 0 Å². The normalized spacial score (nSPS) is 17.7. The number of hydrogen-bond donors (Lipinski definition) is 1. The lowest BCUT2D eigenvalue weighted by atomic mass is 9.81. The topological polar surface area (TPSA) is 51.5 Å². The molecule has 19 heavy (non-hydrogen) atoms. The summed E-state index contributed by atoms with van der Waals surface area (Å²) in [6, 6.07) is 1.80. The number of ether oxygens (including phenoxy) is 1. The predicted octanol–water partition coefficient (Wildman–Crippen LogP) is 3.15. The molecule has 0 aliphatic heterocycles. The first-order valence-corrected chi connectivity index (χ1v) is 6.74. The van der Waals surface area contributed by atoms with Crippen molar-refractivity contribution in [3.8, 4) is 0 Å². The first kappa shape index (κ1) is 13.7. The van der Waals surface area contributed by atoms with E-state index in [4.69, 9.17) is 9.15 Å². The molecule has 1 aliphatic rings. The van der Waals surface area contributed by atoms with Crippen LogP contribution >= 0.6 is 0 Å². The van der Waals surface area contributed by atoms with E-state index in [1.807, 2.05) is 6.92 Å². The van der Waals surface area contributed by atoms with Crippen LogP contribution in [0.5, 0.6) is 0 Å². The molecule has 0 saturated heterocycles. The number of rotatable bonds is 5. The predicted molar refractivity (Wildman–Crippen MR) is 72.3 cm³/mol. The van der Waals surface area contributed by atoms with Gasteiger partial charge >= 0.3 is 5.97 Å². The summed E-state index contributed by atoms with van der Waals surface area (Å²) in [4.78, 5) is 12.4. The van der Waals surface area contributed by atoms with Crippen LogP contribution in [0.3, 0.4) is 0 Å². The van der Waals surface area contributed by atoms with Crippen LogP contribution in [0.25, 0.3) is 0 Å². The van der Waals surface area contributed by atoms with Gasteiger partial charge in [-0.2, -0.15) is 0 Å². The van der Waals surface area contributed by atoms with Gasteiger partial charge in [-0.25, -0.2) is 4.79 Å². The van der Waals surface area contributed by atoms with Crippen LogP contribution in [0.15, 0.2) is 35.3 Å². The quantitative estimate of drug-likeness (QED) is 0.829. The van der Waals surface area contributed by atoms with Crippen molar-refractivity contribution in [3.05, 3.63) is 36.4 Å². The summed E-state index contributed by atoms with van der Waals surface area (Å²) >= 11 is 0. The fourth-order valence-corrected chi connectivity index (χ4v) is 2.61. The van der Waals surface area contributed by atoms with Crippen molar-refractivity contribution in [1.82, 2.24) is 5.32 Å². The third kappa shape index (κ3) is 3.40. The monoisotopic (exact) mass is 263 g/mol. The Hall–Kier alpha value is -1.71. The second kappa shape index (κ2) is 5.95. The highest BCUT2D eigenvalue weighted by molar-refractivity contribution is 5.81. The van der Waals surface area contributed by atoms with Gasteiger partial charge in [0.2, 0.25) is 0 Å². The van der Waals surface area contributed by atoms with E-state index in [0.717, 1.165) is 36.9 Å². The number of allylic oxidation sites excluding steroid dienone is 1. The van der Waals surface area contributed by atoms with E-state index in [-0.39, 0.29) is 12.6 Å². The first-order valence-electron chi connectivity index (χ1n) is 6.74. The van der Waals surface area contributed by atoms with Crippen molar-refractivity contribution in [2.45, 2.75) is 51.2 Å². The molecule has 0 bridgehead atoms. The molecule has 1 saturated carbocycles. The molecule has 1 aromatic heterocycles. The highest BCUT2D eigenvalue weighted by Crippen LogP contribution is 2.30. The number of esters is 1. The molecule has 4 heteroatoms. The van der Waals surface area contributed by atoms with Crippen molar-refractivity contribution < 1.29 is 13.9 Å². The number of hydrogen-bond acceptors (Lipinski definition) is 4. The number of carbonyl (C=O) groups is 1. The molecular formula is C15H21NO3. The molecule has 104 valence electrons. The molecule has 0 unspecified atom stereocenters. The van der Waals surface area contributed by atoms with E-state index in [1.165, 1.54) is 6.42 Å². The van der Waals surface area contributed by atoms with Crippen LogP contribution in [0, 0.1) is 0 Å². The maximum Gasteiger partial charge on any atom is 0.332 e. The zero-order valence-electron chi connectivity index (χ0n) is 11.4. The van der Waals surface area contributed by atoms with Gasteiger partial charge in [0, 0.05) is 11.3 Å². The Morgan fingerprint density at radius 2 is 2.21 bits per heavy atom. The average Bonchev–Trinajstić information content (AvgIpc) is 2.89. The molecule has 0 atom stereocenters. The first-order chi connectivity index (χ1) is 9.12. The molecule has 4 nitrogen and oxygen atoms in total. The Bertz CT molecular complexity index is 430. The van der Waals surface area contributed by atoms with E-state index >= 15 is 0 Å². The van der Waals surface area contributed by atoms with Gasteiger partial charge in [-0.3, -0.25) is 0 Å². The number of furan rings is 1. The second-order valence-electron chi connectivity index (χ2n) is 5.26. The molecule has 0 spiro atoms. The molecule has 0 radical (unpaired) electrons. The van der Waals surface area contributed by atoms with Crippen molar-refractivity contribution in [2.75, 3.05) is 0 Å². The highest BCUT2D eigenvalue weighted by atomic mass is 16.5. The van der Waals surface area contributed by atoms with Crippen LogP contribution in [-0.2, 0) is 16.1 Å². The van der Waals surface area contributed by atoms with Gasteiger partial charge in [-0.1, -0.05) is 25.8 Å². The molecular weight excluding hydrogens is 242 g/mol. The summed E-state index contributed by atoms with van der Waals surface area (Å²) in [7, 11) is 0. The summed E-state index contributed by atoms with van der Waals surface area (Å²) in [5, 5.41) is 3.23. The lowest BCUT2D eigenvalue weighted by molar-refractivity contribution is -0.154. The number of carbonyl (C=O) groups excluding carboxylic acids is 1. The minimum atomic E-state index is -0.589. The Kier molecular flexibility index (Phi) is 4.30. The van der Waals surface area contributed by atoms with Crippen LogP contribution in [-0.4, -0.2) is 11.5 Å². The fraction of sp³-hybridized carbons (Fsp3) is 0.533. The van der Waals surface area contributed by atoms with Gasteiger partial charge in [0.05, 0.1) is 12.5 Å². The van der Waals surface area contributed by atoms with Gasteiger partial charge < -0.3 is 14.5 Å². The standard InChI is InChI=1S/C15H21NO3/c1-12(2)16-15(7-4-3-5-8-15)14(17)19-11-13-6-9-18-10-13/h6,9-10,16H,1,3-5,7-8,11H2,2H3. The van der Waals surface area contributed by atoms with Crippen LogP contribution < -0.4 is 5.32 Å². The van der Waals surface area contributed by atoms with E-state index in [2.05, 4.69) is 11.9 Å². The minimum Gasteiger partial charge on any atom is -0.472 e. The summed E-state index contributed by atoms with van der Waals surface area (Å²) in [5.41, 5.74) is 1.09. The second-order valence-corrected chi connectivity index (χ2v) is 5.26.